The molecule has 1 aromatic carbocycles. The van der Waals surface area contributed by atoms with Crippen LogP contribution in [-0.4, -0.2) is 54.2 Å². The third-order valence-corrected chi connectivity index (χ3v) is 3.88. The molecule has 2 rings (SSSR count). The Morgan fingerprint density at radius 1 is 1.19 bits per heavy atom. The first-order chi connectivity index (χ1) is 12.9. The minimum atomic E-state index is -1.14. The number of hydrazone groups is 1. The maximum atomic E-state index is 12.2. The van der Waals surface area contributed by atoms with Crippen LogP contribution in [-0.2, 0) is 19.1 Å². The molecule has 2 N–H and O–H groups in total. The summed E-state index contributed by atoms with van der Waals surface area (Å²) in [6.45, 7) is 1.80. The number of amides is 4. The molecule has 0 bridgehead atoms. The lowest BCUT2D eigenvalue weighted by Crippen LogP contribution is -2.43. The van der Waals surface area contributed by atoms with Gasteiger partial charge >= 0.3 is 12.0 Å². The van der Waals surface area contributed by atoms with Crippen molar-refractivity contribution < 1.29 is 23.9 Å². The molecule has 0 unspecified atom stereocenters. The Morgan fingerprint density at radius 3 is 2.56 bits per heavy atom. The Bertz CT molecular complexity index is 747. The summed E-state index contributed by atoms with van der Waals surface area (Å²) in [5, 5.41) is 9.87. The van der Waals surface area contributed by atoms with E-state index in [9.17, 15) is 19.2 Å². The number of urea groups is 1. The fraction of sp³-hybridized carbons (Fsp3) is 0.389. The number of imide groups is 1. The van der Waals surface area contributed by atoms with Crippen LogP contribution in [0.3, 0.4) is 0 Å². The lowest BCUT2D eigenvalue weighted by atomic mass is 10.1. The Morgan fingerprint density at radius 2 is 1.89 bits per heavy atom. The molecule has 1 aliphatic rings. The van der Waals surface area contributed by atoms with E-state index >= 15 is 0 Å². The first-order valence-electron chi connectivity index (χ1n) is 8.56. The molecule has 4 amide bonds. The van der Waals surface area contributed by atoms with Crippen molar-refractivity contribution in [1.29, 1.82) is 0 Å². The quantitative estimate of drug-likeness (QED) is 0.714. The van der Waals surface area contributed by atoms with Crippen LogP contribution in [0.5, 0.6) is 0 Å². The van der Waals surface area contributed by atoms with Gasteiger partial charge in [-0.2, -0.15) is 5.10 Å². The van der Waals surface area contributed by atoms with E-state index < -0.39 is 24.0 Å². The van der Waals surface area contributed by atoms with Crippen LogP contribution < -0.4 is 10.6 Å². The first-order valence-corrected chi connectivity index (χ1v) is 8.56. The maximum absolute atomic E-state index is 12.2. The summed E-state index contributed by atoms with van der Waals surface area (Å²) in [5.74, 6) is -1.74. The average Bonchev–Trinajstić information content (AvgIpc) is 3.16. The van der Waals surface area contributed by atoms with E-state index in [-0.39, 0.29) is 18.7 Å². The van der Waals surface area contributed by atoms with Gasteiger partial charge in [0, 0.05) is 19.9 Å². The van der Waals surface area contributed by atoms with Crippen molar-refractivity contribution in [2.24, 2.45) is 5.10 Å². The number of nitrogens with one attached hydrogen (secondary N) is 2. The predicted octanol–water partition coefficient (Wildman–Crippen LogP) is 0.790. The number of rotatable bonds is 6. The fourth-order valence-corrected chi connectivity index (χ4v) is 2.39. The van der Waals surface area contributed by atoms with E-state index in [4.69, 9.17) is 4.74 Å². The van der Waals surface area contributed by atoms with Gasteiger partial charge in [-0.1, -0.05) is 30.3 Å². The highest BCUT2D eigenvalue weighted by molar-refractivity contribution is 6.02. The fourth-order valence-electron chi connectivity index (χ4n) is 2.39. The number of ether oxygens (including phenoxy) is 1. The highest BCUT2D eigenvalue weighted by Crippen LogP contribution is 2.15. The zero-order chi connectivity index (χ0) is 19.8. The van der Waals surface area contributed by atoms with Gasteiger partial charge in [-0.15, -0.1) is 0 Å². The van der Waals surface area contributed by atoms with Crippen LogP contribution in [0.1, 0.15) is 31.7 Å². The van der Waals surface area contributed by atoms with Crippen LogP contribution in [0.25, 0.3) is 0 Å². The highest BCUT2D eigenvalue weighted by atomic mass is 16.5. The lowest BCUT2D eigenvalue weighted by Gasteiger charge is -2.14. The third-order valence-electron chi connectivity index (χ3n) is 3.88. The summed E-state index contributed by atoms with van der Waals surface area (Å²) >= 11 is 0. The molecule has 1 heterocycles. The highest BCUT2D eigenvalue weighted by Gasteiger charge is 2.24. The second-order valence-corrected chi connectivity index (χ2v) is 5.88. The summed E-state index contributed by atoms with van der Waals surface area (Å²) in [7, 11) is 1.36. The number of nitrogens with zero attached hydrogens (tertiary/aromatic N) is 2. The zero-order valence-electron chi connectivity index (χ0n) is 15.2. The van der Waals surface area contributed by atoms with E-state index in [1.807, 2.05) is 35.6 Å². The standard InChI is InChI=1S/C18H22N4O5/c1-12(17(25)20-18(26)19-2)27-16(24)9-8-15(23)22-11-10-14(21-22)13-6-4-3-5-7-13/h3-7,12H,8-11H2,1-2H3,(H2,19,20,25,26)/t12-/m0/s1. The summed E-state index contributed by atoms with van der Waals surface area (Å²) in [6.07, 6.45) is -0.742. The average molecular weight is 374 g/mol. The smallest absolute Gasteiger partial charge is 0.321 e. The van der Waals surface area contributed by atoms with Gasteiger partial charge in [0.05, 0.1) is 18.7 Å². The van der Waals surface area contributed by atoms with E-state index in [2.05, 4.69) is 10.4 Å². The molecule has 0 fully saturated rings. The zero-order valence-corrected chi connectivity index (χ0v) is 15.2. The van der Waals surface area contributed by atoms with Crippen LogP contribution in [0.15, 0.2) is 35.4 Å². The van der Waals surface area contributed by atoms with Gasteiger partial charge in [-0.25, -0.2) is 9.80 Å². The Kier molecular flexibility index (Phi) is 7.04. The number of hydrogen-bond acceptors (Lipinski definition) is 6. The Hall–Kier alpha value is -3.23. The van der Waals surface area contributed by atoms with Crippen LogP contribution >= 0.6 is 0 Å². The second-order valence-electron chi connectivity index (χ2n) is 5.88. The molecule has 0 saturated heterocycles. The molecular formula is C18H22N4O5. The molecule has 9 nitrogen and oxygen atoms in total. The van der Waals surface area contributed by atoms with Crippen molar-refractivity contribution in [3.8, 4) is 0 Å². The third kappa shape index (κ3) is 5.91. The monoisotopic (exact) mass is 374 g/mol. The topological polar surface area (TPSA) is 117 Å². The van der Waals surface area contributed by atoms with Gasteiger partial charge in [0.25, 0.3) is 5.91 Å². The molecule has 0 radical (unpaired) electrons. The van der Waals surface area contributed by atoms with Crippen LogP contribution in [0, 0.1) is 0 Å². The molecule has 0 aliphatic carbocycles. The van der Waals surface area contributed by atoms with Crippen LogP contribution in [0.2, 0.25) is 0 Å². The van der Waals surface area contributed by atoms with E-state index in [1.54, 1.807) is 0 Å². The van der Waals surface area contributed by atoms with Crippen molar-refractivity contribution in [1.82, 2.24) is 15.6 Å². The number of hydrogen-bond donors (Lipinski definition) is 2. The van der Waals surface area contributed by atoms with Gasteiger partial charge in [-0.3, -0.25) is 19.7 Å². The van der Waals surface area contributed by atoms with Gasteiger partial charge in [0.1, 0.15) is 0 Å². The predicted molar refractivity (Wildman–Crippen MR) is 96.7 cm³/mol. The van der Waals surface area contributed by atoms with Crippen molar-refractivity contribution in [2.75, 3.05) is 13.6 Å². The van der Waals surface area contributed by atoms with Crippen molar-refractivity contribution in [2.45, 2.75) is 32.3 Å². The Labute approximate surface area is 156 Å². The normalized spacial score (nSPS) is 14.1. The minimum absolute atomic E-state index is 0.0752. The number of benzene rings is 1. The van der Waals surface area contributed by atoms with Crippen molar-refractivity contribution in [3.05, 3.63) is 35.9 Å². The van der Waals surface area contributed by atoms with Gasteiger partial charge in [-0.05, 0) is 12.5 Å². The maximum Gasteiger partial charge on any atom is 0.321 e. The SMILES string of the molecule is CNC(=O)NC(=O)[C@H](C)OC(=O)CCC(=O)N1CCC(c2ccccc2)=N1. The molecule has 1 aromatic rings. The summed E-state index contributed by atoms with van der Waals surface area (Å²) < 4.78 is 4.92. The molecule has 0 saturated carbocycles. The van der Waals surface area contributed by atoms with Gasteiger partial charge in [0.2, 0.25) is 5.91 Å². The number of esters is 1. The largest absolute Gasteiger partial charge is 0.453 e. The molecule has 9 heteroatoms. The van der Waals surface area contributed by atoms with Crippen molar-refractivity contribution >= 4 is 29.5 Å². The van der Waals surface area contributed by atoms with Crippen LogP contribution in [0.4, 0.5) is 4.79 Å². The van der Waals surface area contributed by atoms with E-state index in [0.29, 0.717) is 13.0 Å². The lowest BCUT2D eigenvalue weighted by molar-refractivity contribution is -0.155. The summed E-state index contributed by atoms with van der Waals surface area (Å²) in [5.41, 5.74) is 1.79. The molecule has 0 aromatic heterocycles. The summed E-state index contributed by atoms with van der Waals surface area (Å²) in [6, 6.07) is 8.87. The van der Waals surface area contributed by atoms with E-state index in [0.717, 1.165) is 11.3 Å². The van der Waals surface area contributed by atoms with Gasteiger partial charge < -0.3 is 10.1 Å². The molecule has 1 aliphatic heterocycles. The molecule has 27 heavy (non-hydrogen) atoms. The summed E-state index contributed by atoms with van der Waals surface area (Å²) in [4.78, 5) is 46.7. The van der Waals surface area contributed by atoms with Gasteiger partial charge in [0.15, 0.2) is 6.10 Å². The van der Waals surface area contributed by atoms with Crippen molar-refractivity contribution in [3.63, 3.8) is 0 Å². The second kappa shape index (κ2) is 9.46. The molecular weight excluding hydrogens is 352 g/mol. The molecule has 0 spiro atoms. The number of carbonyl (C=O) groups is 4. The Balaban J connectivity index is 1.78. The minimum Gasteiger partial charge on any atom is -0.453 e. The first kappa shape index (κ1) is 20.1. The molecule has 144 valence electrons. The number of carbonyl (C=O) groups excluding carboxylic acids is 4. The molecule has 1 atom stereocenters. The van der Waals surface area contributed by atoms with E-state index in [1.165, 1.54) is 19.0 Å².